The maximum atomic E-state index is 5.77. The third-order valence-electron chi connectivity index (χ3n) is 3.39. The van der Waals surface area contributed by atoms with Crippen LogP contribution in [-0.4, -0.2) is 17.6 Å². The molecule has 0 spiro atoms. The van der Waals surface area contributed by atoms with Crippen molar-refractivity contribution < 1.29 is 0 Å². The molecule has 1 aliphatic heterocycles. The van der Waals surface area contributed by atoms with Crippen LogP contribution >= 0.6 is 11.6 Å². The summed E-state index contributed by atoms with van der Waals surface area (Å²) in [6.45, 7) is 1.19. The van der Waals surface area contributed by atoms with Gasteiger partial charge in [-0.05, 0) is 36.0 Å². The van der Waals surface area contributed by atoms with E-state index in [1.807, 2.05) is 12.3 Å². The molecule has 1 N–H and O–H groups in total. The van der Waals surface area contributed by atoms with E-state index < -0.39 is 0 Å². The minimum atomic E-state index is 0.565. The molecule has 1 fully saturated rings. The molecule has 0 unspecified atom stereocenters. The molecule has 78 valence electrons. The molecular weight excluding hydrogens is 208 g/mol. The molecule has 2 atom stereocenters. The summed E-state index contributed by atoms with van der Waals surface area (Å²) in [7, 11) is 0. The maximum Gasteiger partial charge on any atom is 0.129 e. The van der Waals surface area contributed by atoms with Crippen molar-refractivity contribution in [3.63, 3.8) is 0 Å². The first-order chi connectivity index (χ1) is 7.33. The van der Waals surface area contributed by atoms with Gasteiger partial charge >= 0.3 is 0 Å². The molecule has 2 nitrogen and oxygen atoms in total. The lowest BCUT2D eigenvalue weighted by molar-refractivity contribution is 0.256. The Bertz CT molecular complexity index is 397. The Morgan fingerprint density at radius 1 is 1.40 bits per heavy atom. The Hall–Kier alpha value is -0.860. The molecule has 1 aromatic rings. The summed E-state index contributed by atoms with van der Waals surface area (Å²) < 4.78 is 0. The van der Waals surface area contributed by atoms with Crippen molar-refractivity contribution >= 4 is 17.2 Å². The molecule has 3 heteroatoms. The van der Waals surface area contributed by atoms with Crippen LogP contribution in [0.15, 0.2) is 24.4 Å². The second-order valence-electron chi connectivity index (χ2n) is 4.29. The number of aromatic nitrogens is 1. The van der Waals surface area contributed by atoms with Gasteiger partial charge in [-0.2, -0.15) is 0 Å². The van der Waals surface area contributed by atoms with Crippen molar-refractivity contribution in [1.29, 1.82) is 0 Å². The molecule has 1 saturated heterocycles. The van der Waals surface area contributed by atoms with Gasteiger partial charge in [0.1, 0.15) is 5.15 Å². The van der Waals surface area contributed by atoms with E-state index in [0.29, 0.717) is 11.2 Å². The number of hydrogen-bond acceptors (Lipinski definition) is 2. The van der Waals surface area contributed by atoms with Gasteiger partial charge in [-0.3, -0.25) is 0 Å². The summed E-state index contributed by atoms with van der Waals surface area (Å²) >= 11 is 5.77. The molecule has 1 aromatic heterocycles. The number of nitrogens with zero attached hydrogens (tertiary/aromatic N) is 1. The zero-order chi connectivity index (χ0) is 10.3. The van der Waals surface area contributed by atoms with E-state index in [-0.39, 0.29) is 0 Å². The highest BCUT2D eigenvalue weighted by atomic mass is 35.5. The van der Waals surface area contributed by atoms with Crippen molar-refractivity contribution in [2.45, 2.75) is 18.9 Å². The summed E-state index contributed by atoms with van der Waals surface area (Å²) in [4.78, 5) is 4.12. The zero-order valence-electron chi connectivity index (χ0n) is 8.41. The van der Waals surface area contributed by atoms with E-state index in [4.69, 9.17) is 11.6 Å². The first-order valence-corrected chi connectivity index (χ1v) is 5.77. The van der Waals surface area contributed by atoms with Crippen molar-refractivity contribution in [3.05, 3.63) is 35.1 Å². The monoisotopic (exact) mass is 220 g/mol. The Labute approximate surface area is 94.4 Å². The van der Waals surface area contributed by atoms with Gasteiger partial charge in [0.25, 0.3) is 0 Å². The molecule has 0 bridgehead atoms. The van der Waals surface area contributed by atoms with Gasteiger partial charge in [0.05, 0.1) is 0 Å². The highest BCUT2D eigenvalue weighted by molar-refractivity contribution is 6.29. The molecule has 2 aliphatic rings. The Kier molecular flexibility index (Phi) is 2.26. The minimum Gasteiger partial charge on any atom is -0.310 e. The summed E-state index contributed by atoms with van der Waals surface area (Å²) in [5.74, 6) is 0.869. The standard InChI is InChI=1S/C12H13ClN2/c13-12-4-3-9(6-15-12)8-1-2-10-7-14-11(10)5-8/h3-6,10-11,14H,1-2,7H2/t10-,11-/m1/s1. The van der Waals surface area contributed by atoms with E-state index in [0.717, 1.165) is 5.92 Å². The molecule has 15 heavy (non-hydrogen) atoms. The lowest BCUT2D eigenvalue weighted by Gasteiger charge is -2.40. The predicted octanol–water partition coefficient (Wildman–Crippen LogP) is 2.50. The number of nitrogens with one attached hydrogen (secondary N) is 1. The molecular formula is C12H13ClN2. The van der Waals surface area contributed by atoms with Gasteiger partial charge in [-0.25, -0.2) is 4.98 Å². The van der Waals surface area contributed by atoms with Crippen LogP contribution in [0.5, 0.6) is 0 Å². The van der Waals surface area contributed by atoms with Gasteiger partial charge in [0, 0.05) is 18.8 Å². The summed E-state index contributed by atoms with van der Waals surface area (Å²) in [6.07, 6.45) is 6.69. The van der Waals surface area contributed by atoms with Gasteiger partial charge < -0.3 is 5.32 Å². The second kappa shape index (κ2) is 3.62. The topological polar surface area (TPSA) is 24.9 Å². The minimum absolute atomic E-state index is 0.565. The fraction of sp³-hybridized carbons (Fsp3) is 0.417. The molecule has 0 amide bonds. The van der Waals surface area contributed by atoms with Crippen LogP contribution in [0.1, 0.15) is 18.4 Å². The van der Waals surface area contributed by atoms with E-state index in [1.165, 1.54) is 30.5 Å². The molecule has 2 heterocycles. The van der Waals surface area contributed by atoms with E-state index in [2.05, 4.69) is 22.4 Å². The normalized spacial score (nSPS) is 29.0. The highest BCUT2D eigenvalue weighted by Crippen LogP contribution is 2.33. The Morgan fingerprint density at radius 3 is 2.93 bits per heavy atom. The van der Waals surface area contributed by atoms with Gasteiger partial charge in [0.15, 0.2) is 0 Å². The predicted molar refractivity (Wildman–Crippen MR) is 61.7 cm³/mol. The van der Waals surface area contributed by atoms with Crippen LogP contribution in [0.3, 0.4) is 0 Å². The first kappa shape index (κ1) is 9.37. The van der Waals surface area contributed by atoms with Gasteiger partial charge in [-0.1, -0.05) is 23.7 Å². The average Bonchev–Trinajstić information content (AvgIpc) is 2.22. The van der Waals surface area contributed by atoms with E-state index >= 15 is 0 Å². The van der Waals surface area contributed by atoms with Gasteiger partial charge in [0.2, 0.25) is 0 Å². The SMILES string of the molecule is Clc1ccc(C2=C[C@H]3NC[C@H]3CC2)cn1. The second-order valence-corrected chi connectivity index (χ2v) is 4.68. The van der Waals surface area contributed by atoms with Crippen molar-refractivity contribution in [2.75, 3.05) is 6.54 Å². The molecule has 3 rings (SSSR count). The summed E-state index contributed by atoms with van der Waals surface area (Å²) in [5, 5.41) is 4.00. The molecule has 0 radical (unpaired) electrons. The average molecular weight is 221 g/mol. The summed E-state index contributed by atoms with van der Waals surface area (Å²) in [5.41, 5.74) is 2.62. The van der Waals surface area contributed by atoms with Crippen molar-refractivity contribution in [2.24, 2.45) is 5.92 Å². The van der Waals surface area contributed by atoms with Crippen molar-refractivity contribution in [1.82, 2.24) is 10.3 Å². The smallest absolute Gasteiger partial charge is 0.129 e. The van der Waals surface area contributed by atoms with E-state index in [1.54, 1.807) is 0 Å². The number of hydrogen-bond donors (Lipinski definition) is 1. The number of pyridine rings is 1. The quantitative estimate of drug-likeness (QED) is 0.736. The zero-order valence-corrected chi connectivity index (χ0v) is 9.17. The van der Waals surface area contributed by atoms with Crippen LogP contribution in [-0.2, 0) is 0 Å². The van der Waals surface area contributed by atoms with Crippen molar-refractivity contribution in [3.8, 4) is 0 Å². The van der Waals surface area contributed by atoms with Gasteiger partial charge in [-0.15, -0.1) is 0 Å². The number of rotatable bonds is 1. The third-order valence-corrected chi connectivity index (χ3v) is 3.61. The fourth-order valence-electron chi connectivity index (χ4n) is 2.34. The highest BCUT2D eigenvalue weighted by Gasteiger charge is 2.31. The first-order valence-electron chi connectivity index (χ1n) is 5.39. The Morgan fingerprint density at radius 2 is 2.33 bits per heavy atom. The summed E-state index contributed by atoms with van der Waals surface area (Å²) in [6, 6.07) is 4.52. The lowest BCUT2D eigenvalue weighted by Crippen LogP contribution is -2.52. The number of halogens is 1. The third kappa shape index (κ3) is 1.68. The van der Waals surface area contributed by atoms with E-state index in [9.17, 15) is 0 Å². The maximum absolute atomic E-state index is 5.77. The van der Waals surface area contributed by atoms with Crippen LogP contribution in [0.2, 0.25) is 5.15 Å². The number of fused-ring (bicyclic) bond motifs is 1. The molecule has 1 aliphatic carbocycles. The number of allylic oxidation sites excluding steroid dienone is 1. The van der Waals surface area contributed by atoms with Crippen LogP contribution in [0.25, 0.3) is 5.57 Å². The fourth-order valence-corrected chi connectivity index (χ4v) is 2.46. The lowest BCUT2D eigenvalue weighted by atomic mass is 9.79. The van der Waals surface area contributed by atoms with Crippen LogP contribution < -0.4 is 5.32 Å². The van der Waals surface area contributed by atoms with Crippen LogP contribution in [0.4, 0.5) is 0 Å². The Balaban J connectivity index is 1.87. The molecule has 0 aromatic carbocycles. The van der Waals surface area contributed by atoms with Crippen LogP contribution in [0, 0.1) is 5.92 Å². The molecule has 0 saturated carbocycles. The largest absolute Gasteiger partial charge is 0.310 e.